The Bertz CT molecular complexity index is 1660. The number of nitrogens with one attached hydrogen (secondary N) is 1. The van der Waals surface area contributed by atoms with E-state index in [1.807, 2.05) is 36.4 Å². The number of hydrogen-bond acceptors (Lipinski definition) is 2. The molecule has 6 aromatic rings. The van der Waals surface area contributed by atoms with Crippen LogP contribution in [0.1, 0.15) is 0 Å². The van der Waals surface area contributed by atoms with Crippen molar-refractivity contribution in [1.82, 2.24) is 4.57 Å². The lowest BCUT2D eigenvalue weighted by molar-refractivity contribution is 0.169. The zero-order valence-corrected chi connectivity index (χ0v) is 22.3. The predicted octanol–water partition coefficient (Wildman–Crippen LogP) is 8.68. The van der Waals surface area contributed by atoms with Crippen LogP contribution in [0.2, 0.25) is 5.02 Å². The van der Waals surface area contributed by atoms with Gasteiger partial charge in [-0.1, -0.05) is 109 Å². The number of nitrogens with zero attached hydrogens (tertiary/aromatic N) is 1. The van der Waals surface area contributed by atoms with E-state index >= 15 is 0 Å². The fraction of sp³-hybridized carbons (Fsp3) is 0.0909. The van der Waals surface area contributed by atoms with Crippen LogP contribution in [0.25, 0.3) is 44.1 Å². The van der Waals surface area contributed by atoms with E-state index in [1.54, 1.807) is 0 Å². The number of hydrogen-bond donors (Lipinski definition) is 2. The molecule has 0 saturated carbocycles. The Balaban J connectivity index is 0.00000294. The minimum Gasteiger partial charge on any atom is -0.389 e. The van der Waals surface area contributed by atoms with Gasteiger partial charge in [0.2, 0.25) is 0 Å². The Kier molecular flexibility index (Phi) is 7.71. The summed E-state index contributed by atoms with van der Waals surface area (Å²) in [6.07, 6.45) is -0.615. The molecule has 0 aliphatic heterocycles. The van der Waals surface area contributed by atoms with Crippen LogP contribution in [0, 0.1) is 0 Å². The van der Waals surface area contributed by atoms with Gasteiger partial charge in [-0.3, -0.25) is 0 Å². The highest BCUT2D eigenvalue weighted by Gasteiger charge is 2.23. The first-order valence-corrected chi connectivity index (χ1v) is 12.9. The van der Waals surface area contributed by atoms with Crippen molar-refractivity contribution in [2.45, 2.75) is 12.6 Å². The molecule has 6 rings (SSSR count). The van der Waals surface area contributed by atoms with Gasteiger partial charge >= 0.3 is 0 Å². The van der Waals surface area contributed by atoms with Crippen molar-refractivity contribution in [3.63, 3.8) is 0 Å². The molecular formula is C33H28Cl2N2O. The lowest BCUT2D eigenvalue weighted by atomic mass is 9.97. The molecule has 0 saturated heterocycles. The summed E-state index contributed by atoms with van der Waals surface area (Å²) in [5, 5.41) is 18.9. The summed E-state index contributed by atoms with van der Waals surface area (Å²) in [4.78, 5) is 0. The van der Waals surface area contributed by atoms with Crippen LogP contribution >= 0.6 is 24.0 Å². The maximum absolute atomic E-state index is 11.3. The van der Waals surface area contributed by atoms with Gasteiger partial charge < -0.3 is 15.0 Å². The molecule has 0 bridgehead atoms. The normalized spacial score (nSPS) is 11.8. The Hall–Kier alpha value is -3.76. The van der Waals surface area contributed by atoms with Crippen LogP contribution in [0.3, 0.4) is 0 Å². The third-order valence-electron chi connectivity index (χ3n) is 6.84. The summed E-state index contributed by atoms with van der Waals surface area (Å²) in [6, 6.07) is 41.5. The van der Waals surface area contributed by atoms with Gasteiger partial charge in [0, 0.05) is 33.6 Å². The van der Waals surface area contributed by atoms with Gasteiger partial charge in [-0.05, 0) is 40.8 Å². The molecule has 3 nitrogen and oxygen atoms in total. The largest absolute Gasteiger partial charge is 0.389 e. The second-order valence-electron chi connectivity index (χ2n) is 9.29. The molecule has 2 N–H and O–H groups in total. The molecule has 0 spiro atoms. The molecule has 5 aromatic carbocycles. The molecule has 5 heteroatoms. The molecule has 0 fully saturated rings. The average molecular weight is 540 g/mol. The van der Waals surface area contributed by atoms with Crippen LogP contribution < -0.4 is 5.32 Å². The summed E-state index contributed by atoms with van der Waals surface area (Å²) in [7, 11) is 0. The first kappa shape index (κ1) is 25.9. The fourth-order valence-electron chi connectivity index (χ4n) is 5.18. The minimum absolute atomic E-state index is 0. The SMILES string of the molecule is Cl.OC(CNc1ccc(Cl)cc1)Cn1c(-c2ccccc2)c(-c2ccccc2)c2ccc3ccccc3c21. The first-order valence-electron chi connectivity index (χ1n) is 12.5. The molecular weight excluding hydrogens is 511 g/mol. The standard InChI is InChI=1S/C33H27ClN2O.ClH/c34-26-16-18-27(19-17-26)35-21-28(37)22-36-32(25-12-5-2-6-13-25)31(24-10-3-1-4-11-24)30-20-15-23-9-7-8-14-29(23)33(30)36;/h1-20,28,35,37H,21-22H2;1H. The third-order valence-corrected chi connectivity index (χ3v) is 7.09. The monoisotopic (exact) mass is 538 g/mol. The van der Waals surface area contributed by atoms with E-state index in [0.717, 1.165) is 28.0 Å². The van der Waals surface area contributed by atoms with Gasteiger partial charge in [0.25, 0.3) is 0 Å². The van der Waals surface area contributed by atoms with Gasteiger partial charge in [-0.15, -0.1) is 12.4 Å². The highest BCUT2D eigenvalue weighted by Crippen LogP contribution is 2.43. The van der Waals surface area contributed by atoms with E-state index in [4.69, 9.17) is 11.6 Å². The van der Waals surface area contributed by atoms with E-state index in [0.29, 0.717) is 18.1 Å². The summed E-state index contributed by atoms with van der Waals surface area (Å²) < 4.78 is 2.31. The Morgan fingerprint density at radius 1 is 0.684 bits per heavy atom. The summed E-state index contributed by atoms with van der Waals surface area (Å²) in [5.41, 5.74) is 6.66. The zero-order valence-electron chi connectivity index (χ0n) is 20.7. The molecule has 0 amide bonds. The van der Waals surface area contributed by atoms with Crippen LogP contribution in [0.15, 0.2) is 121 Å². The van der Waals surface area contributed by atoms with Crippen molar-refractivity contribution >= 4 is 51.4 Å². The molecule has 38 heavy (non-hydrogen) atoms. The van der Waals surface area contributed by atoms with Gasteiger partial charge in [0.15, 0.2) is 0 Å². The fourth-order valence-corrected chi connectivity index (χ4v) is 5.30. The zero-order chi connectivity index (χ0) is 25.2. The predicted molar refractivity (Wildman–Crippen MR) is 164 cm³/mol. The number of fused-ring (bicyclic) bond motifs is 3. The summed E-state index contributed by atoms with van der Waals surface area (Å²) >= 11 is 6.03. The second-order valence-corrected chi connectivity index (χ2v) is 9.73. The molecule has 1 aromatic heterocycles. The van der Waals surface area contributed by atoms with Crippen molar-refractivity contribution in [2.75, 3.05) is 11.9 Å². The Morgan fingerprint density at radius 3 is 2.03 bits per heavy atom. The highest BCUT2D eigenvalue weighted by molar-refractivity contribution is 6.30. The number of aliphatic hydroxyl groups is 1. The van der Waals surface area contributed by atoms with Crippen molar-refractivity contribution < 1.29 is 5.11 Å². The van der Waals surface area contributed by atoms with Crippen molar-refractivity contribution in [1.29, 1.82) is 0 Å². The average Bonchev–Trinajstić information content (AvgIpc) is 3.28. The third kappa shape index (κ3) is 5.01. The van der Waals surface area contributed by atoms with E-state index in [1.165, 1.54) is 21.7 Å². The Morgan fingerprint density at radius 2 is 1.32 bits per heavy atom. The number of aromatic nitrogens is 1. The number of halogens is 2. The molecule has 1 unspecified atom stereocenters. The van der Waals surface area contributed by atoms with Gasteiger partial charge in [-0.2, -0.15) is 0 Å². The number of aliphatic hydroxyl groups excluding tert-OH is 1. The van der Waals surface area contributed by atoms with Crippen LogP contribution in [0.4, 0.5) is 5.69 Å². The maximum Gasteiger partial charge on any atom is 0.0891 e. The smallest absolute Gasteiger partial charge is 0.0891 e. The van der Waals surface area contributed by atoms with E-state index in [2.05, 4.69) is 94.8 Å². The summed E-state index contributed by atoms with van der Waals surface area (Å²) in [5.74, 6) is 0. The highest BCUT2D eigenvalue weighted by atomic mass is 35.5. The molecule has 0 aliphatic carbocycles. The van der Waals surface area contributed by atoms with Crippen molar-refractivity contribution in [2.24, 2.45) is 0 Å². The number of benzene rings is 5. The Labute approximate surface area is 233 Å². The van der Waals surface area contributed by atoms with Crippen molar-refractivity contribution in [3.8, 4) is 22.4 Å². The number of anilines is 1. The lowest BCUT2D eigenvalue weighted by Gasteiger charge is -2.18. The molecule has 0 radical (unpaired) electrons. The van der Waals surface area contributed by atoms with Crippen molar-refractivity contribution in [3.05, 3.63) is 126 Å². The van der Waals surface area contributed by atoms with Crippen LogP contribution in [0.5, 0.6) is 0 Å². The second kappa shape index (κ2) is 11.3. The quantitative estimate of drug-likeness (QED) is 0.213. The van der Waals surface area contributed by atoms with E-state index in [9.17, 15) is 5.11 Å². The van der Waals surface area contributed by atoms with E-state index < -0.39 is 6.10 Å². The maximum atomic E-state index is 11.3. The first-order chi connectivity index (χ1) is 18.2. The lowest BCUT2D eigenvalue weighted by Crippen LogP contribution is -2.25. The molecule has 190 valence electrons. The van der Waals surface area contributed by atoms with Gasteiger partial charge in [0.1, 0.15) is 0 Å². The molecule has 0 aliphatic rings. The van der Waals surface area contributed by atoms with Gasteiger partial charge in [0.05, 0.1) is 23.9 Å². The topological polar surface area (TPSA) is 37.2 Å². The minimum atomic E-state index is -0.615. The number of rotatable bonds is 7. The van der Waals surface area contributed by atoms with E-state index in [-0.39, 0.29) is 12.4 Å². The van der Waals surface area contributed by atoms with Crippen LogP contribution in [-0.2, 0) is 6.54 Å². The van der Waals surface area contributed by atoms with Gasteiger partial charge in [-0.25, -0.2) is 0 Å². The molecule has 1 heterocycles. The van der Waals surface area contributed by atoms with Crippen LogP contribution in [-0.4, -0.2) is 22.3 Å². The molecule has 1 atom stereocenters. The summed E-state index contributed by atoms with van der Waals surface area (Å²) in [6.45, 7) is 0.864.